The Morgan fingerprint density at radius 2 is 2.16 bits per heavy atom. The number of ether oxygens (including phenoxy) is 2. The summed E-state index contributed by atoms with van der Waals surface area (Å²) in [6, 6.07) is 5.00. The zero-order valence-electron chi connectivity index (χ0n) is 13.4. The van der Waals surface area contributed by atoms with Gasteiger partial charge in [0, 0.05) is 31.3 Å². The molecule has 3 rings (SSSR count). The van der Waals surface area contributed by atoms with E-state index < -0.39 is 30.1 Å². The molecule has 1 aromatic carbocycles. The second-order valence-electron chi connectivity index (χ2n) is 5.67. The Balaban J connectivity index is 1.87. The molecule has 0 spiro atoms. The number of nitrogens with zero attached hydrogens (tertiary/aromatic N) is 1. The SMILES string of the molecule is CC(=O)O[C@@H](C(=O)O)[C@H]1OCCN(c2ccc3c(c2)C(=O)NC3)C1=O. The predicted octanol–water partition coefficient (Wildman–Crippen LogP) is -0.322. The van der Waals surface area contributed by atoms with Gasteiger partial charge in [-0.1, -0.05) is 6.07 Å². The quantitative estimate of drug-likeness (QED) is 0.715. The number of esters is 1. The number of anilines is 1. The van der Waals surface area contributed by atoms with Crippen molar-refractivity contribution in [1.82, 2.24) is 5.32 Å². The van der Waals surface area contributed by atoms with Crippen molar-refractivity contribution in [1.29, 1.82) is 0 Å². The maximum Gasteiger partial charge on any atom is 0.348 e. The number of nitrogens with one attached hydrogen (secondary N) is 1. The largest absolute Gasteiger partial charge is 0.478 e. The van der Waals surface area contributed by atoms with E-state index in [0.29, 0.717) is 17.8 Å². The first-order valence-electron chi connectivity index (χ1n) is 7.62. The average molecular weight is 348 g/mol. The van der Waals surface area contributed by atoms with Crippen molar-refractivity contribution < 1.29 is 33.8 Å². The Morgan fingerprint density at radius 1 is 1.40 bits per heavy atom. The van der Waals surface area contributed by atoms with E-state index in [1.54, 1.807) is 18.2 Å². The van der Waals surface area contributed by atoms with Crippen molar-refractivity contribution in [2.75, 3.05) is 18.1 Å². The minimum atomic E-state index is -1.73. The predicted molar refractivity (Wildman–Crippen MR) is 82.9 cm³/mol. The molecule has 0 bridgehead atoms. The lowest BCUT2D eigenvalue weighted by Crippen LogP contribution is -2.55. The minimum absolute atomic E-state index is 0.0741. The Hall–Kier alpha value is -2.94. The lowest BCUT2D eigenvalue weighted by molar-refractivity contribution is -0.177. The molecular weight excluding hydrogens is 332 g/mol. The first-order chi connectivity index (χ1) is 11.9. The van der Waals surface area contributed by atoms with Crippen LogP contribution in [-0.2, 0) is 30.4 Å². The Labute approximate surface area is 142 Å². The lowest BCUT2D eigenvalue weighted by atomic mass is 10.1. The van der Waals surface area contributed by atoms with Gasteiger partial charge in [0.25, 0.3) is 11.8 Å². The van der Waals surface area contributed by atoms with Gasteiger partial charge in [-0.15, -0.1) is 0 Å². The van der Waals surface area contributed by atoms with E-state index >= 15 is 0 Å². The Bertz CT molecular complexity index is 761. The van der Waals surface area contributed by atoms with Gasteiger partial charge < -0.3 is 24.8 Å². The molecule has 1 saturated heterocycles. The number of carboxylic acid groups (broad SMARTS) is 1. The molecule has 1 fully saturated rings. The summed E-state index contributed by atoms with van der Waals surface area (Å²) in [6.45, 7) is 1.76. The highest BCUT2D eigenvalue weighted by atomic mass is 16.6. The maximum absolute atomic E-state index is 12.7. The summed E-state index contributed by atoms with van der Waals surface area (Å²) < 4.78 is 9.97. The standard InChI is InChI=1S/C16H16N2O7/c1-8(19)25-13(16(22)23)12-15(21)18(4-5-24-12)10-3-2-9-7-17-14(20)11(9)6-10/h2-3,6,12-13H,4-5,7H2,1H3,(H,17,20)(H,22,23)/t12-,13-/m1/s1. The van der Waals surface area contributed by atoms with E-state index in [1.165, 1.54) is 4.90 Å². The number of carbonyl (C=O) groups excluding carboxylic acids is 3. The first-order valence-corrected chi connectivity index (χ1v) is 7.62. The van der Waals surface area contributed by atoms with Gasteiger partial charge in [-0.2, -0.15) is 0 Å². The van der Waals surface area contributed by atoms with Gasteiger partial charge in [-0.25, -0.2) is 4.79 Å². The molecule has 2 aliphatic heterocycles. The number of aliphatic carboxylic acids is 1. The molecule has 0 aliphatic carbocycles. The number of carboxylic acids is 1. The van der Waals surface area contributed by atoms with Crippen LogP contribution in [0.3, 0.4) is 0 Å². The summed E-state index contributed by atoms with van der Waals surface area (Å²) in [4.78, 5) is 48.3. The molecule has 2 aliphatic rings. The molecular formula is C16H16N2O7. The van der Waals surface area contributed by atoms with Crippen LogP contribution in [0.1, 0.15) is 22.8 Å². The van der Waals surface area contributed by atoms with E-state index in [1.807, 2.05) is 0 Å². The third-order valence-corrected chi connectivity index (χ3v) is 4.02. The molecule has 2 atom stereocenters. The topological polar surface area (TPSA) is 122 Å². The second-order valence-corrected chi connectivity index (χ2v) is 5.67. The minimum Gasteiger partial charge on any atom is -0.478 e. The van der Waals surface area contributed by atoms with E-state index in [-0.39, 0.29) is 19.1 Å². The van der Waals surface area contributed by atoms with Crippen molar-refractivity contribution in [3.8, 4) is 0 Å². The molecule has 2 amide bonds. The van der Waals surface area contributed by atoms with Crippen molar-refractivity contribution in [2.45, 2.75) is 25.7 Å². The first kappa shape index (κ1) is 16.9. The van der Waals surface area contributed by atoms with Crippen molar-refractivity contribution in [3.63, 3.8) is 0 Å². The van der Waals surface area contributed by atoms with Crippen LogP contribution in [0.4, 0.5) is 5.69 Å². The van der Waals surface area contributed by atoms with Crippen LogP contribution in [-0.4, -0.2) is 54.2 Å². The van der Waals surface area contributed by atoms with Crippen molar-refractivity contribution in [2.24, 2.45) is 0 Å². The molecule has 0 saturated carbocycles. The number of morpholine rings is 1. The van der Waals surface area contributed by atoms with E-state index in [2.05, 4.69) is 5.32 Å². The van der Waals surface area contributed by atoms with Crippen LogP contribution >= 0.6 is 0 Å². The molecule has 1 aromatic rings. The zero-order chi connectivity index (χ0) is 18.1. The number of benzene rings is 1. The molecule has 0 radical (unpaired) electrons. The van der Waals surface area contributed by atoms with Gasteiger partial charge in [0.15, 0.2) is 6.10 Å². The number of fused-ring (bicyclic) bond motifs is 1. The average Bonchev–Trinajstić information content (AvgIpc) is 2.93. The number of carbonyl (C=O) groups is 4. The van der Waals surface area contributed by atoms with Gasteiger partial charge in [0.2, 0.25) is 6.10 Å². The summed E-state index contributed by atoms with van der Waals surface area (Å²) in [5.74, 6) is -3.16. The van der Waals surface area contributed by atoms with Crippen molar-refractivity contribution >= 4 is 29.4 Å². The number of hydrogen-bond donors (Lipinski definition) is 2. The van der Waals surface area contributed by atoms with Gasteiger partial charge in [-0.3, -0.25) is 14.4 Å². The highest BCUT2D eigenvalue weighted by Gasteiger charge is 2.42. The van der Waals surface area contributed by atoms with E-state index in [4.69, 9.17) is 9.47 Å². The number of amides is 2. The zero-order valence-corrected chi connectivity index (χ0v) is 13.4. The summed E-state index contributed by atoms with van der Waals surface area (Å²) in [7, 11) is 0. The van der Waals surface area contributed by atoms with Crippen LogP contribution in [0.5, 0.6) is 0 Å². The summed E-state index contributed by atoms with van der Waals surface area (Å²) in [5, 5.41) is 11.9. The fourth-order valence-electron chi connectivity index (χ4n) is 2.87. The van der Waals surface area contributed by atoms with Crippen LogP contribution in [0.2, 0.25) is 0 Å². The number of hydrogen-bond acceptors (Lipinski definition) is 6. The molecule has 2 N–H and O–H groups in total. The Kier molecular flexibility index (Phi) is 4.41. The van der Waals surface area contributed by atoms with Crippen LogP contribution in [0.15, 0.2) is 18.2 Å². The van der Waals surface area contributed by atoms with Crippen LogP contribution < -0.4 is 10.2 Å². The molecule has 9 heteroatoms. The Morgan fingerprint density at radius 3 is 2.84 bits per heavy atom. The summed E-state index contributed by atoms with van der Waals surface area (Å²) >= 11 is 0. The smallest absolute Gasteiger partial charge is 0.348 e. The summed E-state index contributed by atoms with van der Waals surface area (Å²) in [5.41, 5.74) is 1.76. The van der Waals surface area contributed by atoms with Gasteiger partial charge in [-0.05, 0) is 17.7 Å². The fourth-order valence-corrected chi connectivity index (χ4v) is 2.87. The summed E-state index contributed by atoms with van der Waals surface area (Å²) in [6.07, 6.45) is -3.18. The third kappa shape index (κ3) is 3.18. The third-order valence-electron chi connectivity index (χ3n) is 4.02. The monoisotopic (exact) mass is 348 g/mol. The molecule has 132 valence electrons. The van der Waals surface area contributed by atoms with Gasteiger partial charge in [0.1, 0.15) is 0 Å². The van der Waals surface area contributed by atoms with Crippen LogP contribution in [0, 0.1) is 0 Å². The highest BCUT2D eigenvalue weighted by Crippen LogP contribution is 2.26. The second kappa shape index (κ2) is 6.52. The molecule has 0 aromatic heterocycles. The molecule has 9 nitrogen and oxygen atoms in total. The van der Waals surface area contributed by atoms with Gasteiger partial charge >= 0.3 is 11.9 Å². The van der Waals surface area contributed by atoms with Crippen LogP contribution in [0.25, 0.3) is 0 Å². The molecule has 2 heterocycles. The van der Waals surface area contributed by atoms with E-state index in [9.17, 15) is 24.3 Å². The van der Waals surface area contributed by atoms with Gasteiger partial charge in [0.05, 0.1) is 6.61 Å². The molecule has 25 heavy (non-hydrogen) atoms. The maximum atomic E-state index is 12.7. The number of rotatable bonds is 4. The fraction of sp³-hybridized carbons (Fsp3) is 0.375. The van der Waals surface area contributed by atoms with E-state index in [0.717, 1.165) is 12.5 Å². The lowest BCUT2D eigenvalue weighted by Gasteiger charge is -2.34. The van der Waals surface area contributed by atoms with Crippen molar-refractivity contribution in [3.05, 3.63) is 29.3 Å². The normalized spacial score (nSPS) is 20.7. The molecule has 0 unspecified atom stereocenters. The highest BCUT2D eigenvalue weighted by molar-refractivity contribution is 6.03.